The van der Waals surface area contributed by atoms with Crippen molar-refractivity contribution in [1.82, 2.24) is 15.1 Å². The molecule has 2 aliphatic heterocycles. The highest BCUT2D eigenvalue weighted by Crippen LogP contribution is 2.25. The Bertz CT molecular complexity index is 629. The van der Waals surface area contributed by atoms with E-state index in [0.717, 1.165) is 45.4 Å². The molecule has 0 saturated carbocycles. The number of ether oxygens (including phenoxy) is 2. The number of methoxy groups -OCH3 is 1. The summed E-state index contributed by atoms with van der Waals surface area (Å²) in [5.41, 5.74) is 2.57. The molecule has 0 radical (unpaired) electrons. The molecular weight excluding hydrogens is 352 g/mol. The Kier molecular flexibility index (Phi) is 8.13. The highest BCUT2D eigenvalue weighted by Gasteiger charge is 2.26. The fourth-order valence-electron chi connectivity index (χ4n) is 4.18. The molecule has 2 saturated heterocycles. The average molecular weight is 389 g/mol. The topological polar surface area (TPSA) is 49.3 Å². The van der Waals surface area contributed by atoms with Crippen molar-refractivity contribution in [2.24, 2.45) is 10.9 Å². The van der Waals surface area contributed by atoms with Crippen molar-refractivity contribution in [1.29, 1.82) is 0 Å². The summed E-state index contributed by atoms with van der Waals surface area (Å²) in [5.74, 6) is 1.72. The van der Waals surface area contributed by atoms with Crippen LogP contribution in [0.3, 0.4) is 0 Å². The third-order valence-corrected chi connectivity index (χ3v) is 5.98. The lowest BCUT2D eigenvalue weighted by molar-refractivity contribution is -0.00841. The quantitative estimate of drug-likeness (QED) is 0.599. The second kappa shape index (κ2) is 10.8. The summed E-state index contributed by atoms with van der Waals surface area (Å²) >= 11 is 0. The molecule has 1 aromatic rings. The molecule has 6 nitrogen and oxygen atoms in total. The number of hydrogen-bond donors (Lipinski definition) is 1. The van der Waals surface area contributed by atoms with Crippen LogP contribution in [0.2, 0.25) is 0 Å². The van der Waals surface area contributed by atoms with E-state index in [0.29, 0.717) is 5.92 Å². The lowest BCUT2D eigenvalue weighted by Crippen LogP contribution is -2.49. The molecule has 28 heavy (non-hydrogen) atoms. The highest BCUT2D eigenvalue weighted by atomic mass is 16.5. The number of aryl methyl sites for hydroxylation is 1. The van der Waals surface area contributed by atoms with Crippen molar-refractivity contribution in [3.8, 4) is 0 Å². The van der Waals surface area contributed by atoms with Gasteiger partial charge in [-0.2, -0.15) is 0 Å². The molecule has 1 N–H and O–H groups in total. The van der Waals surface area contributed by atoms with Gasteiger partial charge in [0.05, 0.1) is 19.8 Å². The number of hydrogen-bond acceptors (Lipinski definition) is 4. The van der Waals surface area contributed by atoms with E-state index in [1.165, 1.54) is 37.1 Å². The van der Waals surface area contributed by atoms with Crippen LogP contribution in [0.4, 0.5) is 0 Å². The number of likely N-dealkylation sites (tertiary alicyclic amines) is 1. The Labute approximate surface area is 169 Å². The summed E-state index contributed by atoms with van der Waals surface area (Å²) in [6.45, 7) is 9.83. The van der Waals surface area contributed by atoms with Gasteiger partial charge >= 0.3 is 0 Å². The molecule has 6 heteroatoms. The third-order valence-electron chi connectivity index (χ3n) is 5.98. The number of rotatable bonds is 6. The molecular formula is C22H36N4O2. The van der Waals surface area contributed by atoms with Crippen molar-refractivity contribution in [2.45, 2.75) is 25.9 Å². The van der Waals surface area contributed by atoms with Gasteiger partial charge in [0.15, 0.2) is 5.96 Å². The van der Waals surface area contributed by atoms with Gasteiger partial charge in [0.1, 0.15) is 6.10 Å². The number of benzene rings is 1. The molecule has 2 aliphatic rings. The first kappa shape index (κ1) is 21.1. The first-order chi connectivity index (χ1) is 13.7. The Morgan fingerprint density at radius 1 is 1.25 bits per heavy atom. The fourth-order valence-corrected chi connectivity index (χ4v) is 4.18. The Hall–Kier alpha value is -1.63. The Morgan fingerprint density at radius 3 is 2.75 bits per heavy atom. The lowest BCUT2D eigenvalue weighted by atomic mass is 9.97. The molecule has 0 bridgehead atoms. The van der Waals surface area contributed by atoms with Crippen molar-refractivity contribution in [2.75, 3.05) is 66.6 Å². The maximum absolute atomic E-state index is 6.07. The first-order valence-corrected chi connectivity index (χ1v) is 10.5. The number of nitrogens with one attached hydrogen (secondary N) is 1. The molecule has 0 aromatic heterocycles. The molecule has 156 valence electrons. The molecule has 0 aliphatic carbocycles. The van der Waals surface area contributed by atoms with Gasteiger partial charge < -0.3 is 24.6 Å². The predicted octanol–water partition coefficient (Wildman–Crippen LogP) is 2.30. The lowest BCUT2D eigenvalue weighted by Gasteiger charge is -2.37. The van der Waals surface area contributed by atoms with Crippen LogP contribution < -0.4 is 5.32 Å². The molecule has 3 rings (SSSR count). The van der Waals surface area contributed by atoms with Crippen LogP contribution in [-0.4, -0.2) is 82.4 Å². The number of morpholine rings is 1. The van der Waals surface area contributed by atoms with Crippen LogP contribution >= 0.6 is 0 Å². The van der Waals surface area contributed by atoms with Gasteiger partial charge in [-0.3, -0.25) is 4.99 Å². The fraction of sp³-hybridized carbons (Fsp3) is 0.682. The smallest absolute Gasteiger partial charge is 0.193 e. The van der Waals surface area contributed by atoms with Gasteiger partial charge in [-0.1, -0.05) is 24.3 Å². The molecule has 0 spiro atoms. The Balaban J connectivity index is 1.48. The van der Waals surface area contributed by atoms with E-state index in [4.69, 9.17) is 9.47 Å². The molecule has 1 unspecified atom stereocenters. The second-order valence-corrected chi connectivity index (χ2v) is 7.87. The normalized spacial score (nSPS) is 22.5. The third kappa shape index (κ3) is 5.69. The largest absolute Gasteiger partial charge is 0.383 e. The van der Waals surface area contributed by atoms with E-state index < -0.39 is 0 Å². The summed E-state index contributed by atoms with van der Waals surface area (Å²) < 4.78 is 11.3. The number of nitrogens with zero attached hydrogens (tertiary/aromatic N) is 3. The van der Waals surface area contributed by atoms with E-state index in [1.54, 1.807) is 7.11 Å². The molecule has 1 aromatic carbocycles. The van der Waals surface area contributed by atoms with Crippen molar-refractivity contribution in [3.05, 3.63) is 35.4 Å². The van der Waals surface area contributed by atoms with Gasteiger partial charge in [0.25, 0.3) is 0 Å². The first-order valence-electron chi connectivity index (χ1n) is 10.5. The molecule has 0 amide bonds. The standard InChI is InChI=1S/C22H36N4O2/c1-18-6-4-5-7-20(18)21-17-26(13-15-28-21)22(23-2)24-16-19-8-10-25(11-9-19)12-14-27-3/h4-7,19,21H,8-17H2,1-3H3,(H,23,24). The van der Waals surface area contributed by atoms with Crippen LogP contribution in [0, 0.1) is 12.8 Å². The minimum Gasteiger partial charge on any atom is -0.383 e. The van der Waals surface area contributed by atoms with E-state index in [2.05, 4.69) is 51.3 Å². The van der Waals surface area contributed by atoms with E-state index >= 15 is 0 Å². The van der Waals surface area contributed by atoms with Crippen molar-refractivity contribution < 1.29 is 9.47 Å². The zero-order valence-electron chi connectivity index (χ0n) is 17.7. The minimum absolute atomic E-state index is 0.109. The number of piperidine rings is 1. The minimum atomic E-state index is 0.109. The van der Waals surface area contributed by atoms with Crippen molar-refractivity contribution in [3.63, 3.8) is 0 Å². The second-order valence-electron chi connectivity index (χ2n) is 7.87. The highest BCUT2D eigenvalue weighted by molar-refractivity contribution is 5.80. The van der Waals surface area contributed by atoms with Gasteiger partial charge in [-0.05, 0) is 49.9 Å². The zero-order valence-corrected chi connectivity index (χ0v) is 17.7. The van der Waals surface area contributed by atoms with Gasteiger partial charge in [-0.25, -0.2) is 0 Å². The van der Waals surface area contributed by atoms with Crippen LogP contribution in [0.1, 0.15) is 30.1 Å². The Morgan fingerprint density at radius 2 is 2.04 bits per heavy atom. The van der Waals surface area contributed by atoms with E-state index in [1.807, 2.05) is 7.05 Å². The summed E-state index contributed by atoms with van der Waals surface area (Å²) in [4.78, 5) is 9.40. The summed E-state index contributed by atoms with van der Waals surface area (Å²) in [6, 6.07) is 8.51. The van der Waals surface area contributed by atoms with Gasteiger partial charge in [0, 0.05) is 33.8 Å². The maximum Gasteiger partial charge on any atom is 0.193 e. The zero-order chi connectivity index (χ0) is 19.8. The number of guanidine groups is 1. The predicted molar refractivity (Wildman–Crippen MR) is 114 cm³/mol. The van der Waals surface area contributed by atoms with Crippen LogP contribution in [0.5, 0.6) is 0 Å². The van der Waals surface area contributed by atoms with Crippen LogP contribution in [0.25, 0.3) is 0 Å². The number of aliphatic imine (C=N–C) groups is 1. The van der Waals surface area contributed by atoms with Gasteiger partial charge in [0.2, 0.25) is 0 Å². The van der Waals surface area contributed by atoms with Crippen molar-refractivity contribution >= 4 is 5.96 Å². The maximum atomic E-state index is 6.07. The average Bonchev–Trinajstić information content (AvgIpc) is 2.74. The summed E-state index contributed by atoms with van der Waals surface area (Å²) in [7, 11) is 3.66. The molecule has 2 heterocycles. The van der Waals surface area contributed by atoms with Crippen LogP contribution in [-0.2, 0) is 9.47 Å². The molecule has 1 atom stereocenters. The monoisotopic (exact) mass is 388 g/mol. The SMILES string of the molecule is CN=C(NCC1CCN(CCOC)CC1)N1CCOC(c2ccccc2C)C1. The summed E-state index contributed by atoms with van der Waals surface area (Å²) in [5, 5.41) is 3.63. The van der Waals surface area contributed by atoms with Crippen LogP contribution in [0.15, 0.2) is 29.3 Å². The van der Waals surface area contributed by atoms with E-state index in [-0.39, 0.29) is 6.10 Å². The van der Waals surface area contributed by atoms with Gasteiger partial charge in [-0.15, -0.1) is 0 Å². The molecule has 2 fully saturated rings. The summed E-state index contributed by atoms with van der Waals surface area (Å²) in [6.07, 6.45) is 2.59. The van der Waals surface area contributed by atoms with E-state index in [9.17, 15) is 0 Å².